The largest absolute Gasteiger partial charge is 0.573 e. The fourth-order valence-corrected chi connectivity index (χ4v) is 2.83. The predicted octanol–water partition coefficient (Wildman–Crippen LogP) is 3.11. The minimum absolute atomic E-state index is 0. The van der Waals surface area contributed by atoms with Gasteiger partial charge >= 0.3 is 6.36 Å². The third-order valence-electron chi connectivity index (χ3n) is 3.87. The summed E-state index contributed by atoms with van der Waals surface area (Å²) in [6, 6.07) is 7.36. The van der Waals surface area contributed by atoms with E-state index >= 15 is 0 Å². The van der Waals surface area contributed by atoms with Gasteiger partial charge in [0.15, 0.2) is 0 Å². The number of aromatic nitrogens is 1. The van der Waals surface area contributed by atoms with Gasteiger partial charge < -0.3 is 20.4 Å². The second-order valence-corrected chi connectivity index (χ2v) is 5.54. The average molecular weight is 376 g/mol. The number of nitrogens with one attached hydrogen (secondary N) is 1. The van der Waals surface area contributed by atoms with E-state index < -0.39 is 6.36 Å². The Balaban J connectivity index is 0.00000225. The lowest BCUT2D eigenvalue weighted by Gasteiger charge is -2.25. The van der Waals surface area contributed by atoms with Crippen LogP contribution in [0, 0.1) is 0 Å². The van der Waals surface area contributed by atoms with Crippen LogP contribution >= 0.6 is 12.4 Å². The first kappa shape index (κ1) is 19.1. The number of amides is 1. The summed E-state index contributed by atoms with van der Waals surface area (Å²) in [5.74, 6) is -0.510. The normalized spacial score (nSPS) is 16.6. The summed E-state index contributed by atoms with van der Waals surface area (Å²) >= 11 is 0. The molecule has 0 fully saturated rings. The molecule has 136 valence electrons. The first-order chi connectivity index (χ1) is 11.4. The van der Waals surface area contributed by atoms with Crippen LogP contribution in [0.15, 0.2) is 36.5 Å². The molecule has 3 rings (SSSR count). The Kier molecular flexibility index (Phi) is 5.64. The zero-order chi connectivity index (χ0) is 17.3. The summed E-state index contributed by atoms with van der Waals surface area (Å²) in [7, 11) is 0. The highest BCUT2D eigenvalue weighted by atomic mass is 35.5. The Morgan fingerprint density at radius 1 is 1.28 bits per heavy atom. The van der Waals surface area contributed by atoms with Gasteiger partial charge in [0.1, 0.15) is 11.4 Å². The van der Waals surface area contributed by atoms with Gasteiger partial charge in [0.25, 0.3) is 5.91 Å². The summed E-state index contributed by atoms with van der Waals surface area (Å²) in [4.78, 5) is 12.0. The number of nitrogens with zero attached hydrogens (tertiary/aromatic N) is 1. The monoisotopic (exact) mass is 375 g/mol. The molecule has 1 aliphatic heterocycles. The molecular formula is C16H17ClF3N3O2. The van der Waals surface area contributed by atoms with Crippen LogP contribution in [0.25, 0.3) is 11.1 Å². The molecule has 0 bridgehead atoms. The van der Waals surface area contributed by atoms with Gasteiger partial charge in [0.2, 0.25) is 0 Å². The van der Waals surface area contributed by atoms with Crippen molar-refractivity contribution in [1.29, 1.82) is 0 Å². The number of alkyl halides is 3. The van der Waals surface area contributed by atoms with Crippen LogP contribution in [0.2, 0.25) is 0 Å². The van der Waals surface area contributed by atoms with Crippen molar-refractivity contribution in [2.45, 2.75) is 18.8 Å². The van der Waals surface area contributed by atoms with E-state index in [1.54, 1.807) is 18.3 Å². The molecular weight excluding hydrogens is 359 g/mol. The Morgan fingerprint density at radius 2 is 2.04 bits per heavy atom. The molecule has 0 radical (unpaired) electrons. The van der Waals surface area contributed by atoms with Crippen molar-refractivity contribution in [2.75, 3.05) is 13.1 Å². The van der Waals surface area contributed by atoms with Crippen LogP contribution in [-0.2, 0) is 0 Å². The van der Waals surface area contributed by atoms with E-state index in [1.807, 2.05) is 4.57 Å². The number of hydrogen-bond acceptors (Lipinski definition) is 3. The highest BCUT2D eigenvalue weighted by Crippen LogP contribution is 2.31. The summed E-state index contributed by atoms with van der Waals surface area (Å²) in [5, 5.41) is 2.79. The maximum atomic E-state index is 12.4. The minimum atomic E-state index is -4.75. The summed E-state index contributed by atoms with van der Waals surface area (Å²) in [5.41, 5.74) is 7.26. The number of benzene rings is 1. The smallest absolute Gasteiger partial charge is 0.406 e. The quantitative estimate of drug-likeness (QED) is 0.862. The molecule has 1 aromatic heterocycles. The molecule has 0 aliphatic carbocycles. The lowest BCUT2D eigenvalue weighted by molar-refractivity contribution is -0.274. The highest BCUT2D eigenvalue weighted by molar-refractivity contribution is 5.95. The van der Waals surface area contributed by atoms with Gasteiger partial charge in [-0.3, -0.25) is 4.79 Å². The molecule has 1 aliphatic rings. The van der Waals surface area contributed by atoms with Crippen molar-refractivity contribution >= 4 is 18.3 Å². The van der Waals surface area contributed by atoms with Gasteiger partial charge in [0.05, 0.1) is 6.04 Å². The molecule has 0 spiro atoms. The first-order valence-electron chi connectivity index (χ1n) is 7.44. The standard InChI is InChI=1S/C16H16F3N3O2.ClH/c17-16(18,19)24-13-3-1-2-10(6-13)11-7-14-15(23)21-8-12(4-5-20)22(14)9-11;/h1-3,6-7,9,12H,4-5,8,20H2,(H,21,23);1H/t12-;/m0./s1. The summed E-state index contributed by atoms with van der Waals surface area (Å²) in [6.07, 6.45) is -2.29. The van der Waals surface area contributed by atoms with Crippen LogP contribution in [0.3, 0.4) is 0 Å². The number of carbonyl (C=O) groups is 1. The molecule has 0 saturated carbocycles. The van der Waals surface area contributed by atoms with E-state index in [-0.39, 0.29) is 30.1 Å². The highest BCUT2D eigenvalue weighted by Gasteiger charge is 2.31. The van der Waals surface area contributed by atoms with E-state index in [0.717, 1.165) is 0 Å². The fraction of sp³-hybridized carbons (Fsp3) is 0.312. The number of carbonyl (C=O) groups excluding carboxylic acids is 1. The first-order valence-corrected chi connectivity index (χ1v) is 7.44. The van der Waals surface area contributed by atoms with Crippen molar-refractivity contribution < 1.29 is 22.7 Å². The van der Waals surface area contributed by atoms with E-state index in [0.29, 0.717) is 36.3 Å². The molecule has 2 heterocycles. The fourth-order valence-electron chi connectivity index (χ4n) is 2.83. The molecule has 5 nitrogen and oxygen atoms in total. The lowest BCUT2D eigenvalue weighted by atomic mass is 10.1. The average Bonchev–Trinajstić information content (AvgIpc) is 2.95. The van der Waals surface area contributed by atoms with Crippen molar-refractivity contribution in [3.63, 3.8) is 0 Å². The zero-order valence-corrected chi connectivity index (χ0v) is 13.9. The van der Waals surface area contributed by atoms with E-state index in [2.05, 4.69) is 10.1 Å². The number of ether oxygens (including phenoxy) is 1. The summed E-state index contributed by atoms with van der Waals surface area (Å²) in [6.45, 7) is 0.955. The Labute approximate surface area is 148 Å². The van der Waals surface area contributed by atoms with Crippen LogP contribution in [0.4, 0.5) is 13.2 Å². The maximum Gasteiger partial charge on any atom is 0.573 e. The number of fused-ring (bicyclic) bond motifs is 1. The Morgan fingerprint density at radius 3 is 2.72 bits per heavy atom. The van der Waals surface area contributed by atoms with Gasteiger partial charge in [-0.05, 0) is 36.7 Å². The molecule has 1 amide bonds. The van der Waals surface area contributed by atoms with Crippen molar-refractivity contribution in [3.8, 4) is 16.9 Å². The van der Waals surface area contributed by atoms with Crippen molar-refractivity contribution in [1.82, 2.24) is 9.88 Å². The van der Waals surface area contributed by atoms with Crippen molar-refractivity contribution in [3.05, 3.63) is 42.2 Å². The molecule has 2 aromatic rings. The van der Waals surface area contributed by atoms with Crippen LogP contribution < -0.4 is 15.8 Å². The lowest BCUT2D eigenvalue weighted by Crippen LogP contribution is -2.39. The van der Waals surface area contributed by atoms with Gasteiger partial charge in [0, 0.05) is 18.3 Å². The molecule has 3 N–H and O–H groups in total. The van der Waals surface area contributed by atoms with Crippen molar-refractivity contribution in [2.24, 2.45) is 5.73 Å². The minimum Gasteiger partial charge on any atom is -0.406 e. The number of nitrogens with two attached hydrogens (primary N) is 1. The molecule has 9 heteroatoms. The zero-order valence-electron chi connectivity index (χ0n) is 13.0. The number of hydrogen-bond donors (Lipinski definition) is 2. The maximum absolute atomic E-state index is 12.4. The third kappa shape index (κ3) is 4.26. The van der Waals surface area contributed by atoms with E-state index in [4.69, 9.17) is 5.73 Å². The van der Waals surface area contributed by atoms with E-state index in [1.165, 1.54) is 18.2 Å². The Bertz CT molecular complexity index is 761. The topological polar surface area (TPSA) is 69.3 Å². The number of rotatable bonds is 4. The van der Waals surface area contributed by atoms with Gasteiger partial charge in [-0.15, -0.1) is 25.6 Å². The molecule has 1 atom stereocenters. The second-order valence-electron chi connectivity index (χ2n) is 5.54. The molecule has 1 aromatic carbocycles. The van der Waals surface area contributed by atoms with Gasteiger partial charge in [-0.25, -0.2) is 0 Å². The van der Waals surface area contributed by atoms with Crippen LogP contribution in [0.5, 0.6) is 5.75 Å². The number of halogens is 4. The SMILES string of the molecule is Cl.NCC[C@H]1CNC(=O)c2cc(-c3cccc(OC(F)(F)F)c3)cn21. The molecule has 0 unspecified atom stereocenters. The molecule has 25 heavy (non-hydrogen) atoms. The third-order valence-corrected chi connectivity index (χ3v) is 3.87. The molecule has 0 saturated heterocycles. The van der Waals surface area contributed by atoms with Gasteiger partial charge in [-0.2, -0.15) is 0 Å². The van der Waals surface area contributed by atoms with Gasteiger partial charge in [-0.1, -0.05) is 12.1 Å². The predicted molar refractivity (Wildman–Crippen MR) is 88.8 cm³/mol. The van der Waals surface area contributed by atoms with E-state index in [9.17, 15) is 18.0 Å². The van der Waals surface area contributed by atoms with Crippen LogP contribution in [-0.4, -0.2) is 29.9 Å². The second kappa shape index (κ2) is 7.37. The van der Waals surface area contributed by atoms with Crippen LogP contribution in [0.1, 0.15) is 23.0 Å². The summed E-state index contributed by atoms with van der Waals surface area (Å²) < 4.78 is 42.8. The Hall–Kier alpha value is -2.19.